The summed E-state index contributed by atoms with van der Waals surface area (Å²) in [5, 5.41) is 0.663. The minimum atomic E-state index is 0. The predicted molar refractivity (Wildman–Crippen MR) is 51.4 cm³/mol. The largest absolute Gasteiger partial charge is 0.378 e. The zero-order valence-electron chi connectivity index (χ0n) is 4.50. The summed E-state index contributed by atoms with van der Waals surface area (Å²) in [6.45, 7) is 0. The van der Waals surface area contributed by atoms with Crippen molar-refractivity contribution in [2.75, 3.05) is 5.75 Å². The molecule has 0 aromatic carbocycles. The molecule has 0 bridgehead atoms. The second kappa shape index (κ2) is 4.35. The molecular formula is C4H6Br2N2S. The van der Waals surface area contributed by atoms with E-state index in [1.165, 1.54) is 0 Å². The molecule has 0 atom stereocenters. The first-order valence-electron chi connectivity index (χ1n) is 2.09. The van der Waals surface area contributed by atoms with Gasteiger partial charge in [-0.2, -0.15) is 0 Å². The van der Waals surface area contributed by atoms with Gasteiger partial charge in [0.1, 0.15) is 0 Å². The molecule has 1 aliphatic heterocycles. The van der Waals surface area contributed by atoms with Crippen molar-refractivity contribution in [1.82, 2.24) is 0 Å². The molecule has 0 spiro atoms. The van der Waals surface area contributed by atoms with Gasteiger partial charge in [-0.25, -0.2) is 4.99 Å². The van der Waals surface area contributed by atoms with Crippen LogP contribution in [-0.4, -0.2) is 10.9 Å². The molecule has 0 saturated heterocycles. The Morgan fingerprint density at radius 3 is 2.67 bits per heavy atom. The third kappa shape index (κ3) is 2.73. The molecule has 0 saturated carbocycles. The Hall–Kier alpha value is 0.520. The Morgan fingerprint density at radius 2 is 2.44 bits per heavy atom. The zero-order valence-corrected chi connectivity index (χ0v) is 8.62. The van der Waals surface area contributed by atoms with Gasteiger partial charge in [-0.3, -0.25) is 0 Å². The van der Waals surface area contributed by atoms with Crippen molar-refractivity contribution >= 4 is 49.8 Å². The van der Waals surface area contributed by atoms with Crippen LogP contribution in [0.3, 0.4) is 0 Å². The summed E-state index contributed by atoms with van der Waals surface area (Å²) in [5.74, 6) is 0.900. The molecule has 1 heterocycles. The highest BCUT2D eigenvalue weighted by molar-refractivity contribution is 9.11. The highest BCUT2D eigenvalue weighted by Crippen LogP contribution is 2.18. The van der Waals surface area contributed by atoms with Crippen molar-refractivity contribution in [2.24, 2.45) is 10.7 Å². The van der Waals surface area contributed by atoms with E-state index in [4.69, 9.17) is 5.73 Å². The van der Waals surface area contributed by atoms with Gasteiger partial charge in [0.15, 0.2) is 5.17 Å². The molecule has 0 aromatic rings. The van der Waals surface area contributed by atoms with Gasteiger partial charge in [-0.05, 0) is 0 Å². The lowest BCUT2D eigenvalue weighted by Gasteiger charge is -1.79. The number of rotatable bonds is 0. The SMILES string of the molecule is Br.NC1=N/C(=C/Br)CS1. The Kier molecular flexibility index (Phi) is 4.61. The maximum Gasteiger partial charge on any atom is 0.159 e. The average molecular weight is 274 g/mol. The van der Waals surface area contributed by atoms with Gasteiger partial charge < -0.3 is 5.73 Å². The Morgan fingerprint density at radius 1 is 1.78 bits per heavy atom. The quantitative estimate of drug-likeness (QED) is 0.732. The molecule has 2 N–H and O–H groups in total. The van der Waals surface area contributed by atoms with E-state index in [1.54, 1.807) is 16.7 Å². The summed E-state index contributed by atoms with van der Waals surface area (Å²) in [4.78, 5) is 5.77. The van der Waals surface area contributed by atoms with E-state index in [9.17, 15) is 0 Å². The molecule has 0 radical (unpaired) electrons. The fourth-order valence-electron chi connectivity index (χ4n) is 0.410. The van der Waals surface area contributed by atoms with Crippen LogP contribution < -0.4 is 5.73 Å². The molecule has 52 valence electrons. The van der Waals surface area contributed by atoms with Crippen molar-refractivity contribution in [1.29, 1.82) is 0 Å². The van der Waals surface area contributed by atoms with E-state index < -0.39 is 0 Å². The average Bonchev–Trinajstić information content (AvgIpc) is 2.14. The van der Waals surface area contributed by atoms with Crippen molar-refractivity contribution < 1.29 is 0 Å². The standard InChI is InChI=1S/C4H5BrN2S.BrH/c5-1-3-2-8-4(6)7-3;/h1H,2H2,(H2,6,7);1H/b3-1+;. The van der Waals surface area contributed by atoms with Gasteiger partial charge in [-0.15, -0.1) is 17.0 Å². The van der Waals surface area contributed by atoms with Crippen LogP contribution in [0.15, 0.2) is 15.7 Å². The van der Waals surface area contributed by atoms with Crippen LogP contribution in [0.4, 0.5) is 0 Å². The number of amidine groups is 1. The van der Waals surface area contributed by atoms with Gasteiger partial charge in [0.2, 0.25) is 0 Å². The predicted octanol–water partition coefficient (Wildman–Crippen LogP) is 1.86. The highest BCUT2D eigenvalue weighted by Gasteiger charge is 2.05. The summed E-state index contributed by atoms with van der Waals surface area (Å²) in [6.07, 6.45) is 0. The smallest absolute Gasteiger partial charge is 0.159 e. The topological polar surface area (TPSA) is 38.4 Å². The number of halogens is 2. The molecule has 0 amide bonds. The number of hydrogen-bond acceptors (Lipinski definition) is 3. The first kappa shape index (κ1) is 9.52. The van der Waals surface area contributed by atoms with E-state index in [0.29, 0.717) is 5.17 Å². The van der Waals surface area contributed by atoms with E-state index in [-0.39, 0.29) is 17.0 Å². The molecule has 0 aromatic heterocycles. The van der Waals surface area contributed by atoms with Crippen LogP contribution in [0, 0.1) is 0 Å². The Labute approximate surface area is 76.9 Å². The van der Waals surface area contributed by atoms with Crippen LogP contribution in [0.25, 0.3) is 0 Å². The van der Waals surface area contributed by atoms with Crippen molar-refractivity contribution in [2.45, 2.75) is 0 Å². The molecule has 2 nitrogen and oxygen atoms in total. The third-order valence-corrected chi connectivity index (χ3v) is 2.10. The fraction of sp³-hybridized carbons (Fsp3) is 0.250. The molecule has 5 heteroatoms. The normalized spacial score (nSPS) is 21.4. The Bertz CT molecular complexity index is 155. The van der Waals surface area contributed by atoms with E-state index in [2.05, 4.69) is 20.9 Å². The minimum absolute atomic E-state index is 0. The molecule has 1 aliphatic rings. The van der Waals surface area contributed by atoms with Crippen molar-refractivity contribution in [3.8, 4) is 0 Å². The first-order chi connectivity index (χ1) is 3.83. The fourth-order valence-corrected chi connectivity index (χ4v) is 1.51. The second-order valence-corrected chi connectivity index (χ2v) is 2.79. The van der Waals surface area contributed by atoms with Crippen LogP contribution in [0.5, 0.6) is 0 Å². The summed E-state index contributed by atoms with van der Waals surface area (Å²) < 4.78 is 0. The van der Waals surface area contributed by atoms with Gasteiger partial charge in [0.25, 0.3) is 0 Å². The molecule has 9 heavy (non-hydrogen) atoms. The van der Waals surface area contributed by atoms with Gasteiger partial charge in [0.05, 0.1) is 5.70 Å². The Balaban J connectivity index is 0.000000640. The van der Waals surface area contributed by atoms with Gasteiger partial charge >= 0.3 is 0 Å². The van der Waals surface area contributed by atoms with E-state index in [1.807, 2.05) is 0 Å². The monoisotopic (exact) mass is 272 g/mol. The first-order valence-corrected chi connectivity index (χ1v) is 3.99. The molecule has 0 unspecified atom stereocenters. The van der Waals surface area contributed by atoms with E-state index >= 15 is 0 Å². The van der Waals surface area contributed by atoms with Gasteiger partial charge in [-0.1, -0.05) is 27.7 Å². The lowest BCUT2D eigenvalue weighted by atomic mass is 10.6. The van der Waals surface area contributed by atoms with Crippen molar-refractivity contribution in [3.05, 3.63) is 10.7 Å². The van der Waals surface area contributed by atoms with E-state index in [0.717, 1.165) is 11.4 Å². The molecule has 0 fully saturated rings. The molecule has 0 aliphatic carbocycles. The number of nitrogens with zero attached hydrogens (tertiary/aromatic N) is 1. The second-order valence-electron chi connectivity index (χ2n) is 1.34. The lowest BCUT2D eigenvalue weighted by Crippen LogP contribution is -2.00. The number of thioether (sulfide) groups is 1. The maximum absolute atomic E-state index is 5.35. The van der Waals surface area contributed by atoms with Crippen LogP contribution in [-0.2, 0) is 0 Å². The number of aliphatic imine (C=N–C) groups is 1. The lowest BCUT2D eigenvalue weighted by molar-refractivity contribution is 1.36. The van der Waals surface area contributed by atoms with Crippen molar-refractivity contribution in [3.63, 3.8) is 0 Å². The summed E-state index contributed by atoms with van der Waals surface area (Å²) in [7, 11) is 0. The van der Waals surface area contributed by atoms with Crippen LogP contribution >= 0.6 is 44.7 Å². The maximum atomic E-state index is 5.35. The number of nitrogens with two attached hydrogens (primary N) is 1. The summed E-state index contributed by atoms with van der Waals surface area (Å²) >= 11 is 4.73. The summed E-state index contributed by atoms with van der Waals surface area (Å²) in [6, 6.07) is 0. The number of hydrogen-bond donors (Lipinski definition) is 1. The summed E-state index contributed by atoms with van der Waals surface area (Å²) in [5.41, 5.74) is 6.36. The highest BCUT2D eigenvalue weighted by atomic mass is 79.9. The molecular weight excluding hydrogens is 268 g/mol. The van der Waals surface area contributed by atoms with Crippen LogP contribution in [0.2, 0.25) is 0 Å². The zero-order chi connectivity index (χ0) is 5.98. The molecule has 1 rings (SSSR count). The minimum Gasteiger partial charge on any atom is -0.378 e. The van der Waals surface area contributed by atoms with Crippen LogP contribution in [0.1, 0.15) is 0 Å². The van der Waals surface area contributed by atoms with Gasteiger partial charge in [0, 0.05) is 10.7 Å². The third-order valence-electron chi connectivity index (χ3n) is 0.748.